The van der Waals surface area contributed by atoms with Crippen molar-refractivity contribution in [1.29, 1.82) is 0 Å². The second-order valence-electron chi connectivity index (χ2n) is 4.94. The van der Waals surface area contributed by atoms with E-state index in [4.69, 9.17) is 10.4 Å². The van der Waals surface area contributed by atoms with Gasteiger partial charge in [0.05, 0.1) is 11.4 Å². The van der Waals surface area contributed by atoms with Gasteiger partial charge in [-0.2, -0.15) is 0 Å². The fourth-order valence-electron chi connectivity index (χ4n) is 2.23. The molecule has 1 heterocycles. The first-order chi connectivity index (χ1) is 9.19. The van der Waals surface area contributed by atoms with Crippen molar-refractivity contribution in [1.82, 2.24) is 10.3 Å². The number of rotatable bonds is 6. The van der Waals surface area contributed by atoms with E-state index in [0.717, 1.165) is 30.6 Å². The minimum absolute atomic E-state index is 0.454. The average molecular weight is 262 g/mol. The standard InChI is InChI=1S/C14H22N4O/c1-4-6-9-18(10(3)5-2)12-8-7-11(15)13-14(12)17-19-16-13/h7-8,10H,4-6,9,15H2,1-3H3. The lowest BCUT2D eigenvalue weighted by molar-refractivity contribution is 0.315. The molecular formula is C14H22N4O. The van der Waals surface area contributed by atoms with Crippen LogP contribution < -0.4 is 10.6 Å². The number of nitrogens with two attached hydrogens (primary N) is 1. The van der Waals surface area contributed by atoms with Crippen LogP contribution in [0.15, 0.2) is 16.8 Å². The molecule has 0 fully saturated rings. The van der Waals surface area contributed by atoms with Crippen molar-refractivity contribution in [3.05, 3.63) is 12.1 Å². The fourth-order valence-corrected chi connectivity index (χ4v) is 2.23. The molecule has 104 valence electrons. The van der Waals surface area contributed by atoms with Crippen LogP contribution in [-0.4, -0.2) is 22.9 Å². The van der Waals surface area contributed by atoms with Crippen molar-refractivity contribution in [2.45, 2.75) is 46.1 Å². The van der Waals surface area contributed by atoms with Crippen LogP contribution in [0.4, 0.5) is 11.4 Å². The Morgan fingerprint density at radius 1 is 1.26 bits per heavy atom. The fraction of sp³-hybridized carbons (Fsp3) is 0.571. The zero-order valence-electron chi connectivity index (χ0n) is 11.9. The summed E-state index contributed by atoms with van der Waals surface area (Å²) in [5, 5.41) is 7.91. The molecule has 1 atom stereocenters. The van der Waals surface area contributed by atoms with E-state index in [2.05, 4.69) is 36.0 Å². The Hall–Kier alpha value is -1.78. The first-order valence-electron chi connectivity index (χ1n) is 6.96. The lowest BCUT2D eigenvalue weighted by Crippen LogP contribution is -2.33. The first kappa shape index (κ1) is 13.6. The monoisotopic (exact) mass is 262 g/mol. The zero-order chi connectivity index (χ0) is 13.8. The average Bonchev–Trinajstić information content (AvgIpc) is 2.91. The summed E-state index contributed by atoms with van der Waals surface area (Å²) in [5.74, 6) is 0. The minimum atomic E-state index is 0.454. The van der Waals surface area contributed by atoms with Gasteiger partial charge in [-0.15, -0.1) is 0 Å². The van der Waals surface area contributed by atoms with Gasteiger partial charge in [-0.1, -0.05) is 20.3 Å². The van der Waals surface area contributed by atoms with Crippen LogP contribution in [-0.2, 0) is 0 Å². The predicted octanol–water partition coefficient (Wildman–Crippen LogP) is 3.21. The highest BCUT2D eigenvalue weighted by Crippen LogP contribution is 2.30. The molecule has 2 N–H and O–H groups in total. The summed E-state index contributed by atoms with van der Waals surface area (Å²) in [6.45, 7) is 7.63. The number of nitrogen functional groups attached to an aromatic ring is 1. The molecule has 1 aromatic heterocycles. The molecule has 0 saturated heterocycles. The van der Waals surface area contributed by atoms with Gasteiger partial charge >= 0.3 is 0 Å². The Morgan fingerprint density at radius 2 is 2.00 bits per heavy atom. The summed E-state index contributed by atoms with van der Waals surface area (Å²) in [5.41, 5.74) is 8.99. The highest BCUT2D eigenvalue weighted by Gasteiger charge is 2.18. The van der Waals surface area contributed by atoms with Crippen molar-refractivity contribution in [2.24, 2.45) is 0 Å². The maximum atomic E-state index is 5.90. The maximum Gasteiger partial charge on any atom is 0.160 e. The molecule has 0 aliphatic heterocycles. The smallest absolute Gasteiger partial charge is 0.160 e. The number of unbranched alkanes of at least 4 members (excludes halogenated alkanes) is 1. The third-order valence-electron chi connectivity index (χ3n) is 3.61. The van der Waals surface area contributed by atoms with Crippen molar-refractivity contribution in [3.63, 3.8) is 0 Å². The lowest BCUT2D eigenvalue weighted by Gasteiger charge is -2.30. The van der Waals surface area contributed by atoms with Gasteiger partial charge < -0.3 is 10.6 Å². The van der Waals surface area contributed by atoms with Crippen LogP contribution in [0.25, 0.3) is 11.0 Å². The van der Waals surface area contributed by atoms with Crippen molar-refractivity contribution in [2.75, 3.05) is 17.2 Å². The van der Waals surface area contributed by atoms with Gasteiger partial charge in [-0.25, -0.2) is 4.63 Å². The first-order valence-corrected chi connectivity index (χ1v) is 6.96. The molecule has 0 amide bonds. The summed E-state index contributed by atoms with van der Waals surface area (Å²) >= 11 is 0. The van der Waals surface area contributed by atoms with Gasteiger partial charge in [0.15, 0.2) is 11.0 Å². The number of aromatic nitrogens is 2. The lowest BCUT2D eigenvalue weighted by atomic mass is 10.1. The Morgan fingerprint density at radius 3 is 2.68 bits per heavy atom. The second-order valence-corrected chi connectivity index (χ2v) is 4.94. The third-order valence-corrected chi connectivity index (χ3v) is 3.61. The molecule has 1 aromatic carbocycles. The van der Waals surface area contributed by atoms with E-state index in [1.54, 1.807) is 0 Å². The van der Waals surface area contributed by atoms with Gasteiger partial charge in [0.2, 0.25) is 0 Å². The van der Waals surface area contributed by atoms with Crippen molar-refractivity contribution in [3.8, 4) is 0 Å². The SMILES string of the molecule is CCCCN(c1ccc(N)c2nonc12)C(C)CC. The van der Waals surface area contributed by atoms with Gasteiger partial charge in [0.1, 0.15) is 0 Å². The Bertz CT molecular complexity index is 537. The Kier molecular flexibility index (Phi) is 4.24. The van der Waals surface area contributed by atoms with E-state index >= 15 is 0 Å². The minimum Gasteiger partial charge on any atom is -0.397 e. The van der Waals surface area contributed by atoms with E-state index in [1.165, 1.54) is 6.42 Å². The molecule has 0 aliphatic carbocycles. The van der Waals surface area contributed by atoms with Crippen LogP contribution in [0.1, 0.15) is 40.0 Å². The molecule has 0 saturated carbocycles. The highest BCUT2D eigenvalue weighted by molar-refractivity contribution is 5.95. The zero-order valence-corrected chi connectivity index (χ0v) is 11.9. The molecule has 0 radical (unpaired) electrons. The van der Waals surface area contributed by atoms with Gasteiger partial charge in [0, 0.05) is 12.6 Å². The summed E-state index contributed by atoms with van der Waals surface area (Å²) in [4.78, 5) is 2.37. The molecule has 0 spiro atoms. The van der Waals surface area contributed by atoms with E-state index < -0.39 is 0 Å². The summed E-state index contributed by atoms with van der Waals surface area (Å²) in [6.07, 6.45) is 3.41. The Labute approximate surface area is 113 Å². The molecule has 0 aliphatic rings. The molecule has 5 heteroatoms. The topological polar surface area (TPSA) is 68.2 Å². The van der Waals surface area contributed by atoms with E-state index in [1.807, 2.05) is 12.1 Å². The largest absolute Gasteiger partial charge is 0.397 e. The number of hydrogen-bond donors (Lipinski definition) is 1. The predicted molar refractivity (Wildman–Crippen MR) is 78.2 cm³/mol. The van der Waals surface area contributed by atoms with Gasteiger partial charge in [-0.05, 0) is 42.2 Å². The number of fused-ring (bicyclic) bond motifs is 1. The molecule has 1 unspecified atom stereocenters. The molecule has 0 bridgehead atoms. The molecule has 5 nitrogen and oxygen atoms in total. The molecular weight excluding hydrogens is 240 g/mol. The number of nitrogens with zero attached hydrogens (tertiary/aromatic N) is 3. The van der Waals surface area contributed by atoms with Gasteiger partial charge in [-0.3, -0.25) is 0 Å². The van der Waals surface area contributed by atoms with Crippen LogP contribution in [0.3, 0.4) is 0 Å². The normalized spacial score (nSPS) is 12.8. The highest BCUT2D eigenvalue weighted by atomic mass is 16.6. The summed E-state index contributed by atoms with van der Waals surface area (Å²) in [6, 6.07) is 4.35. The second kappa shape index (κ2) is 5.91. The van der Waals surface area contributed by atoms with E-state index in [9.17, 15) is 0 Å². The van der Waals surface area contributed by atoms with Crippen LogP contribution in [0.5, 0.6) is 0 Å². The molecule has 2 rings (SSSR count). The van der Waals surface area contributed by atoms with E-state index in [-0.39, 0.29) is 0 Å². The van der Waals surface area contributed by atoms with Crippen LogP contribution in [0.2, 0.25) is 0 Å². The number of anilines is 2. The number of benzene rings is 1. The van der Waals surface area contributed by atoms with Crippen LogP contribution in [0, 0.1) is 0 Å². The quantitative estimate of drug-likeness (QED) is 0.809. The summed E-state index contributed by atoms with van der Waals surface area (Å²) in [7, 11) is 0. The van der Waals surface area contributed by atoms with Crippen molar-refractivity contribution >= 4 is 22.4 Å². The third kappa shape index (κ3) is 2.64. The van der Waals surface area contributed by atoms with Crippen molar-refractivity contribution < 1.29 is 4.63 Å². The van der Waals surface area contributed by atoms with Crippen LogP contribution >= 0.6 is 0 Å². The van der Waals surface area contributed by atoms with E-state index in [0.29, 0.717) is 17.2 Å². The Balaban J connectivity index is 2.43. The number of hydrogen-bond acceptors (Lipinski definition) is 5. The maximum absolute atomic E-state index is 5.90. The molecule has 2 aromatic rings. The summed E-state index contributed by atoms with van der Waals surface area (Å²) < 4.78 is 4.85. The molecule has 19 heavy (non-hydrogen) atoms. The van der Waals surface area contributed by atoms with Gasteiger partial charge in [0.25, 0.3) is 0 Å².